The zero-order valence-electron chi connectivity index (χ0n) is 14.3. The number of nitrogens with zero attached hydrogens (tertiary/aromatic N) is 3. The maximum absolute atomic E-state index is 12.3. The number of aromatic nitrogens is 3. The second-order valence-corrected chi connectivity index (χ2v) is 5.61. The number of aryl methyl sites for hydroxylation is 1. The molecule has 0 aliphatic rings. The van der Waals surface area contributed by atoms with Crippen LogP contribution in [0.3, 0.4) is 0 Å². The Hall–Kier alpha value is -3.15. The van der Waals surface area contributed by atoms with E-state index in [9.17, 15) is 4.79 Å². The number of carbonyl (C=O) groups is 1. The molecule has 1 heterocycles. The molecule has 2 aromatic carbocycles. The van der Waals surface area contributed by atoms with Crippen LogP contribution in [-0.4, -0.2) is 27.5 Å². The van der Waals surface area contributed by atoms with E-state index in [1.807, 2.05) is 62.4 Å². The Morgan fingerprint density at radius 3 is 2.68 bits per heavy atom. The number of rotatable bonds is 6. The summed E-state index contributed by atoms with van der Waals surface area (Å²) in [7, 11) is 0. The van der Waals surface area contributed by atoms with Crippen LogP contribution in [0.15, 0.2) is 54.7 Å². The highest BCUT2D eigenvalue weighted by Gasteiger charge is 2.12. The summed E-state index contributed by atoms with van der Waals surface area (Å²) in [6, 6.07) is 15.5. The normalized spacial score (nSPS) is 10.5. The van der Waals surface area contributed by atoms with Gasteiger partial charge in [-0.25, -0.2) is 4.68 Å². The first-order valence-corrected chi connectivity index (χ1v) is 8.15. The Balaban J connectivity index is 1.67. The maximum atomic E-state index is 12.3. The zero-order valence-corrected chi connectivity index (χ0v) is 14.3. The highest BCUT2D eigenvalue weighted by molar-refractivity contribution is 5.91. The molecule has 0 bridgehead atoms. The second-order valence-electron chi connectivity index (χ2n) is 5.61. The van der Waals surface area contributed by atoms with Crippen LogP contribution < -0.4 is 10.1 Å². The summed E-state index contributed by atoms with van der Waals surface area (Å²) in [6.07, 6.45) is 1.62. The molecular formula is C19H20N4O2. The van der Waals surface area contributed by atoms with Crippen molar-refractivity contribution in [3.63, 3.8) is 0 Å². The fraction of sp³-hybridized carbons (Fsp3) is 0.211. The number of hydrogen-bond acceptors (Lipinski definition) is 4. The lowest BCUT2D eigenvalue weighted by molar-refractivity contribution is 0.0945. The average molecular weight is 336 g/mol. The molecule has 0 unspecified atom stereocenters. The SMILES string of the molecule is CCOc1ccccc1CNC(=O)c1cn(-c2ccc(C)cc2)nn1. The third-order valence-electron chi connectivity index (χ3n) is 3.74. The molecule has 1 N–H and O–H groups in total. The molecule has 0 saturated carbocycles. The van der Waals surface area contributed by atoms with Gasteiger partial charge in [0.15, 0.2) is 5.69 Å². The summed E-state index contributed by atoms with van der Waals surface area (Å²) < 4.78 is 7.15. The van der Waals surface area contributed by atoms with Gasteiger partial charge in [0.25, 0.3) is 5.91 Å². The molecule has 128 valence electrons. The molecule has 3 rings (SSSR count). The van der Waals surface area contributed by atoms with Crippen molar-refractivity contribution in [2.24, 2.45) is 0 Å². The summed E-state index contributed by atoms with van der Waals surface area (Å²) in [5.74, 6) is 0.498. The first kappa shape index (κ1) is 16.7. The minimum atomic E-state index is -0.273. The van der Waals surface area contributed by atoms with E-state index < -0.39 is 0 Å². The standard InChI is InChI=1S/C19H20N4O2/c1-3-25-18-7-5-4-6-15(18)12-20-19(24)17-13-23(22-21-17)16-10-8-14(2)9-11-16/h4-11,13H,3,12H2,1-2H3,(H,20,24). The van der Waals surface area contributed by atoms with Gasteiger partial charge in [0.1, 0.15) is 5.75 Å². The fourth-order valence-electron chi connectivity index (χ4n) is 2.40. The smallest absolute Gasteiger partial charge is 0.273 e. The van der Waals surface area contributed by atoms with E-state index in [1.54, 1.807) is 10.9 Å². The van der Waals surface area contributed by atoms with Gasteiger partial charge in [-0.3, -0.25) is 4.79 Å². The van der Waals surface area contributed by atoms with Gasteiger partial charge in [-0.1, -0.05) is 41.1 Å². The first-order chi connectivity index (χ1) is 12.2. The van der Waals surface area contributed by atoms with Crippen LogP contribution in [0.2, 0.25) is 0 Å². The summed E-state index contributed by atoms with van der Waals surface area (Å²) >= 11 is 0. The van der Waals surface area contributed by atoms with Crippen molar-refractivity contribution in [1.29, 1.82) is 0 Å². The first-order valence-electron chi connectivity index (χ1n) is 8.15. The largest absolute Gasteiger partial charge is 0.494 e. The number of ether oxygens (including phenoxy) is 1. The average Bonchev–Trinajstić information content (AvgIpc) is 3.12. The van der Waals surface area contributed by atoms with Crippen LogP contribution in [0.4, 0.5) is 0 Å². The topological polar surface area (TPSA) is 69.0 Å². The van der Waals surface area contributed by atoms with E-state index in [2.05, 4.69) is 15.6 Å². The molecule has 6 nitrogen and oxygen atoms in total. The van der Waals surface area contributed by atoms with E-state index in [0.29, 0.717) is 13.2 Å². The van der Waals surface area contributed by atoms with Crippen molar-refractivity contribution in [2.45, 2.75) is 20.4 Å². The van der Waals surface area contributed by atoms with Crippen molar-refractivity contribution in [3.8, 4) is 11.4 Å². The van der Waals surface area contributed by atoms with Crippen LogP contribution in [0.1, 0.15) is 28.5 Å². The molecule has 1 aromatic heterocycles. The Kier molecular flexibility index (Phi) is 5.09. The van der Waals surface area contributed by atoms with Gasteiger partial charge in [-0.2, -0.15) is 0 Å². The Morgan fingerprint density at radius 2 is 1.92 bits per heavy atom. The van der Waals surface area contributed by atoms with Crippen molar-refractivity contribution >= 4 is 5.91 Å². The van der Waals surface area contributed by atoms with Crippen LogP contribution in [0.25, 0.3) is 5.69 Å². The number of nitrogens with one attached hydrogen (secondary N) is 1. The quantitative estimate of drug-likeness (QED) is 0.751. The van der Waals surface area contributed by atoms with E-state index in [0.717, 1.165) is 22.6 Å². The van der Waals surface area contributed by atoms with E-state index in [4.69, 9.17) is 4.74 Å². The van der Waals surface area contributed by atoms with Gasteiger partial charge in [0.05, 0.1) is 18.5 Å². The predicted molar refractivity (Wildman–Crippen MR) is 94.9 cm³/mol. The molecule has 0 aliphatic heterocycles. The van der Waals surface area contributed by atoms with Crippen molar-refractivity contribution in [3.05, 3.63) is 71.5 Å². The number of para-hydroxylation sites is 1. The van der Waals surface area contributed by atoms with Gasteiger partial charge in [-0.15, -0.1) is 5.10 Å². The Bertz CT molecular complexity index is 856. The molecule has 0 fully saturated rings. The Labute approximate surface area is 146 Å². The van der Waals surface area contributed by atoms with Gasteiger partial charge < -0.3 is 10.1 Å². The molecule has 6 heteroatoms. The van der Waals surface area contributed by atoms with Crippen LogP contribution in [0, 0.1) is 6.92 Å². The molecular weight excluding hydrogens is 316 g/mol. The molecule has 0 atom stereocenters. The molecule has 0 radical (unpaired) electrons. The van der Waals surface area contributed by atoms with Gasteiger partial charge in [0, 0.05) is 12.1 Å². The van der Waals surface area contributed by atoms with Gasteiger partial charge >= 0.3 is 0 Å². The van der Waals surface area contributed by atoms with Crippen molar-refractivity contribution in [1.82, 2.24) is 20.3 Å². The number of hydrogen-bond donors (Lipinski definition) is 1. The summed E-state index contributed by atoms with van der Waals surface area (Å²) in [4.78, 5) is 12.3. The number of benzene rings is 2. The lowest BCUT2D eigenvalue weighted by atomic mass is 10.2. The van der Waals surface area contributed by atoms with E-state index in [-0.39, 0.29) is 11.6 Å². The second kappa shape index (κ2) is 7.61. The maximum Gasteiger partial charge on any atom is 0.273 e. The van der Waals surface area contributed by atoms with Crippen molar-refractivity contribution < 1.29 is 9.53 Å². The highest BCUT2D eigenvalue weighted by Crippen LogP contribution is 2.17. The molecule has 0 spiro atoms. The highest BCUT2D eigenvalue weighted by atomic mass is 16.5. The van der Waals surface area contributed by atoms with E-state index in [1.165, 1.54) is 0 Å². The third-order valence-corrected chi connectivity index (χ3v) is 3.74. The zero-order chi connectivity index (χ0) is 17.6. The van der Waals surface area contributed by atoms with Crippen LogP contribution in [0.5, 0.6) is 5.75 Å². The van der Waals surface area contributed by atoms with Gasteiger partial charge in [0.2, 0.25) is 0 Å². The Morgan fingerprint density at radius 1 is 1.16 bits per heavy atom. The molecule has 0 aliphatic carbocycles. The van der Waals surface area contributed by atoms with Crippen LogP contribution >= 0.6 is 0 Å². The lowest BCUT2D eigenvalue weighted by Gasteiger charge is -2.10. The number of carbonyl (C=O) groups excluding carboxylic acids is 1. The monoisotopic (exact) mass is 336 g/mol. The van der Waals surface area contributed by atoms with Crippen molar-refractivity contribution in [2.75, 3.05) is 6.61 Å². The van der Waals surface area contributed by atoms with Crippen LogP contribution in [-0.2, 0) is 6.54 Å². The lowest BCUT2D eigenvalue weighted by Crippen LogP contribution is -2.23. The summed E-state index contributed by atoms with van der Waals surface area (Å²) in [5, 5.41) is 10.8. The molecule has 3 aromatic rings. The van der Waals surface area contributed by atoms with Gasteiger partial charge in [-0.05, 0) is 32.0 Å². The predicted octanol–water partition coefficient (Wildman–Crippen LogP) is 2.90. The molecule has 0 saturated heterocycles. The fourth-order valence-corrected chi connectivity index (χ4v) is 2.40. The minimum absolute atomic E-state index is 0.273. The third kappa shape index (κ3) is 4.03. The minimum Gasteiger partial charge on any atom is -0.494 e. The van der Waals surface area contributed by atoms with E-state index >= 15 is 0 Å². The number of amides is 1. The molecule has 1 amide bonds. The summed E-state index contributed by atoms with van der Waals surface area (Å²) in [5.41, 5.74) is 3.21. The molecule has 25 heavy (non-hydrogen) atoms. The summed E-state index contributed by atoms with van der Waals surface area (Å²) in [6.45, 7) is 4.89.